The van der Waals surface area contributed by atoms with Gasteiger partial charge in [-0.1, -0.05) is 18.2 Å². The molecule has 0 saturated heterocycles. The molecule has 1 heterocycles. The SMILES string of the molecule is CN=C(NCCc1ccccc1OC)NCc1ccn[nH]1.I. The predicted octanol–water partition coefficient (Wildman–Crippen LogP) is 1.94. The van der Waals surface area contributed by atoms with Crippen molar-refractivity contribution in [2.45, 2.75) is 13.0 Å². The average molecular weight is 415 g/mol. The van der Waals surface area contributed by atoms with Gasteiger partial charge in [-0.25, -0.2) is 0 Å². The number of methoxy groups -OCH3 is 1. The van der Waals surface area contributed by atoms with E-state index in [4.69, 9.17) is 4.74 Å². The Labute approximate surface area is 147 Å². The lowest BCUT2D eigenvalue weighted by Gasteiger charge is -2.12. The van der Waals surface area contributed by atoms with E-state index in [1.165, 1.54) is 5.56 Å². The normalized spacial score (nSPS) is 10.7. The van der Waals surface area contributed by atoms with Crippen LogP contribution in [0.4, 0.5) is 0 Å². The summed E-state index contributed by atoms with van der Waals surface area (Å²) >= 11 is 0. The molecule has 0 atom stereocenters. The van der Waals surface area contributed by atoms with Crippen molar-refractivity contribution >= 4 is 29.9 Å². The van der Waals surface area contributed by atoms with E-state index >= 15 is 0 Å². The first-order chi connectivity index (χ1) is 10.3. The molecular weight excluding hydrogens is 393 g/mol. The second-order valence-electron chi connectivity index (χ2n) is 4.50. The van der Waals surface area contributed by atoms with Crippen molar-refractivity contribution in [1.29, 1.82) is 0 Å². The third kappa shape index (κ3) is 5.55. The maximum atomic E-state index is 5.34. The number of aliphatic imine (C=N–C) groups is 1. The Morgan fingerprint density at radius 3 is 2.77 bits per heavy atom. The van der Waals surface area contributed by atoms with Gasteiger partial charge in [0.2, 0.25) is 0 Å². The van der Waals surface area contributed by atoms with Crippen LogP contribution in [0.15, 0.2) is 41.5 Å². The third-order valence-corrected chi connectivity index (χ3v) is 3.11. The van der Waals surface area contributed by atoms with Crippen molar-refractivity contribution < 1.29 is 4.74 Å². The van der Waals surface area contributed by atoms with E-state index in [2.05, 4.69) is 31.9 Å². The highest BCUT2D eigenvalue weighted by Crippen LogP contribution is 2.17. The number of aromatic nitrogens is 2. The minimum atomic E-state index is 0. The van der Waals surface area contributed by atoms with Crippen LogP contribution in [0, 0.1) is 0 Å². The lowest BCUT2D eigenvalue weighted by atomic mass is 10.1. The summed E-state index contributed by atoms with van der Waals surface area (Å²) in [6, 6.07) is 9.96. The van der Waals surface area contributed by atoms with Crippen LogP contribution in [0.25, 0.3) is 0 Å². The minimum Gasteiger partial charge on any atom is -0.496 e. The Morgan fingerprint density at radius 2 is 2.09 bits per heavy atom. The predicted molar refractivity (Wildman–Crippen MR) is 98.9 cm³/mol. The largest absolute Gasteiger partial charge is 0.496 e. The Kier molecular flexibility index (Phi) is 8.34. The number of aromatic amines is 1. The van der Waals surface area contributed by atoms with Crippen LogP contribution in [0.1, 0.15) is 11.3 Å². The Balaban J connectivity index is 0.00000242. The van der Waals surface area contributed by atoms with E-state index in [9.17, 15) is 0 Å². The van der Waals surface area contributed by atoms with Gasteiger partial charge in [-0.05, 0) is 24.1 Å². The first-order valence-corrected chi connectivity index (χ1v) is 6.88. The highest BCUT2D eigenvalue weighted by molar-refractivity contribution is 14.0. The number of para-hydroxylation sites is 1. The zero-order chi connectivity index (χ0) is 14.9. The Bertz CT molecular complexity index is 571. The molecule has 6 nitrogen and oxygen atoms in total. The van der Waals surface area contributed by atoms with Crippen LogP contribution in [0.5, 0.6) is 5.75 Å². The fourth-order valence-electron chi connectivity index (χ4n) is 2.01. The zero-order valence-electron chi connectivity index (χ0n) is 12.8. The minimum absolute atomic E-state index is 0. The van der Waals surface area contributed by atoms with Crippen molar-refractivity contribution in [2.24, 2.45) is 4.99 Å². The standard InChI is InChI=1S/C15H21N5O.HI/c1-16-15(18-11-13-8-10-19-20-13)17-9-7-12-5-3-4-6-14(12)21-2;/h3-6,8,10H,7,9,11H2,1-2H3,(H,19,20)(H2,16,17,18);1H. The summed E-state index contributed by atoms with van der Waals surface area (Å²) in [4.78, 5) is 4.19. The molecule has 2 rings (SSSR count). The molecule has 0 spiro atoms. The number of hydrogen-bond donors (Lipinski definition) is 3. The second kappa shape index (κ2) is 10.0. The summed E-state index contributed by atoms with van der Waals surface area (Å²) in [7, 11) is 3.45. The molecule has 0 saturated carbocycles. The zero-order valence-corrected chi connectivity index (χ0v) is 15.1. The van der Waals surface area contributed by atoms with Gasteiger partial charge in [0.15, 0.2) is 5.96 Å². The lowest BCUT2D eigenvalue weighted by molar-refractivity contribution is 0.409. The van der Waals surface area contributed by atoms with Crippen LogP contribution in [0.3, 0.4) is 0 Å². The summed E-state index contributed by atoms with van der Waals surface area (Å²) in [5.74, 6) is 1.68. The first kappa shape index (κ1) is 18.3. The van der Waals surface area contributed by atoms with Gasteiger partial charge in [0, 0.05) is 19.8 Å². The van der Waals surface area contributed by atoms with Gasteiger partial charge in [0.25, 0.3) is 0 Å². The van der Waals surface area contributed by atoms with Gasteiger partial charge in [0.1, 0.15) is 5.75 Å². The highest BCUT2D eigenvalue weighted by atomic mass is 127. The van der Waals surface area contributed by atoms with E-state index in [0.29, 0.717) is 6.54 Å². The van der Waals surface area contributed by atoms with Crippen LogP contribution in [0.2, 0.25) is 0 Å². The molecule has 3 N–H and O–H groups in total. The summed E-state index contributed by atoms with van der Waals surface area (Å²) in [6.07, 6.45) is 2.60. The molecule has 0 fully saturated rings. The van der Waals surface area contributed by atoms with Crippen molar-refractivity contribution in [2.75, 3.05) is 20.7 Å². The smallest absolute Gasteiger partial charge is 0.191 e. The van der Waals surface area contributed by atoms with Gasteiger partial charge in [-0.3, -0.25) is 10.1 Å². The summed E-state index contributed by atoms with van der Waals surface area (Å²) in [5, 5.41) is 13.3. The molecule has 0 radical (unpaired) electrons. The van der Waals surface area contributed by atoms with Crippen molar-refractivity contribution in [3.05, 3.63) is 47.8 Å². The van der Waals surface area contributed by atoms with Gasteiger partial charge >= 0.3 is 0 Å². The molecule has 120 valence electrons. The summed E-state index contributed by atoms with van der Waals surface area (Å²) in [5.41, 5.74) is 2.19. The maximum Gasteiger partial charge on any atom is 0.191 e. The fourth-order valence-corrected chi connectivity index (χ4v) is 2.01. The number of halogens is 1. The molecule has 1 aromatic heterocycles. The molecule has 0 aliphatic rings. The molecular formula is C15H22IN5O. The molecule has 2 aromatic rings. The maximum absolute atomic E-state index is 5.34. The molecule has 7 heteroatoms. The first-order valence-electron chi connectivity index (χ1n) is 6.88. The van der Waals surface area contributed by atoms with Crippen LogP contribution in [-0.4, -0.2) is 36.9 Å². The van der Waals surface area contributed by atoms with Crippen LogP contribution >= 0.6 is 24.0 Å². The summed E-state index contributed by atoms with van der Waals surface area (Å²) < 4.78 is 5.34. The molecule has 0 amide bonds. The number of nitrogens with one attached hydrogen (secondary N) is 3. The highest BCUT2D eigenvalue weighted by Gasteiger charge is 2.03. The van der Waals surface area contributed by atoms with Gasteiger partial charge < -0.3 is 15.4 Å². The Morgan fingerprint density at radius 1 is 1.27 bits per heavy atom. The lowest BCUT2D eigenvalue weighted by Crippen LogP contribution is -2.37. The van der Waals surface area contributed by atoms with Gasteiger partial charge in [-0.2, -0.15) is 5.10 Å². The van der Waals surface area contributed by atoms with E-state index in [1.807, 2.05) is 24.3 Å². The molecule has 0 unspecified atom stereocenters. The van der Waals surface area contributed by atoms with Crippen molar-refractivity contribution in [1.82, 2.24) is 20.8 Å². The van der Waals surface area contributed by atoms with Crippen LogP contribution in [-0.2, 0) is 13.0 Å². The topological polar surface area (TPSA) is 74.3 Å². The van der Waals surface area contributed by atoms with E-state index in [-0.39, 0.29) is 24.0 Å². The molecule has 22 heavy (non-hydrogen) atoms. The number of nitrogens with zero attached hydrogens (tertiary/aromatic N) is 2. The van der Waals surface area contributed by atoms with Crippen molar-refractivity contribution in [3.63, 3.8) is 0 Å². The average Bonchev–Trinajstić information content (AvgIpc) is 3.04. The number of hydrogen-bond acceptors (Lipinski definition) is 3. The molecule has 0 bridgehead atoms. The number of rotatable bonds is 6. The molecule has 1 aromatic carbocycles. The number of guanidine groups is 1. The third-order valence-electron chi connectivity index (χ3n) is 3.11. The van der Waals surface area contributed by atoms with Gasteiger partial charge in [0.05, 0.1) is 19.3 Å². The van der Waals surface area contributed by atoms with E-state index < -0.39 is 0 Å². The van der Waals surface area contributed by atoms with E-state index in [0.717, 1.165) is 30.4 Å². The van der Waals surface area contributed by atoms with Gasteiger partial charge in [-0.15, -0.1) is 24.0 Å². The summed E-state index contributed by atoms with van der Waals surface area (Å²) in [6.45, 7) is 1.44. The second-order valence-corrected chi connectivity index (χ2v) is 4.50. The molecule has 0 aliphatic heterocycles. The number of ether oxygens (including phenoxy) is 1. The van der Waals surface area contributed by atoms with E-state index in [1.54, 1.807) is 20.4 Å². The van der Waals surface area contributed by atoms with Crippen LogP contribution < -0.4 is 15.4 Å². The quantitative estimate of drug-likeness (QED) is 0.383. The fraction of sp³-hybridized carbons (Fsp3) is 0.333. The Hall–Kier alpha value is -1.77. The number of H-pyrrole nitrogens is 1. The number of benzene rings is 1. The molecule has 0 aliphatic carbocycles. The van der Waals surface area contributed by atoms with Crippen molar-refractivity contribution in [3.8, 4) is 5.75 Å². The monoisotopic (exact) mass is 415 g/mol.